The Morgan fingerprint density at radius 2 is 1.82 bits per heavy atom. The molecule has 0 radical (unpaired) electrons. The number of guanidine groups is 1. The summed E-state index contributed by atoms with van der Waals surface area (Å²) in [6.45, 7) is 5.73. The van der Waals surface area contributed by atoms with E-state index in [-0.39, 0.29) is 5.91 Å². The van der Waals surface area contributed by atoms with Crippen LogP contribution in [0.4, 0.5) is 5.69 Å². The summed E-state index contributed by atoms with van der Waals surface area (Å²) < 4.78 is 10.9. The molecule has 0 bridgehead atoms. The first-order chi connectivity index (χ1) is 13.6. The summed E-state index contributed by atoms with van der Waals surface area (Å²) in [5.41, 5.74) is 2.48. The second kappa shape index (κ2) is 10.8. The zero-order chi connectivity index (χ0) is 20.4. The highest BCUT2D eigenvalue weighted by atomic mass is 16.5. The van der Waals surface area contributed by atoms with E-state index in [1.807, 2.05) is 44.2 Å². The number of carbonyl (C=O) groups excluding carboxylic acids is 1. The van der Waals surface area contributed by atoms with E-state index < -0.39 is 0 Å². The SMILES string of the molecule is CCNC(=NCc1ccc(C(=O)NC)cc1)Nc1ccc(OCC)c(OC)c1. The molecule has 0 atom stereocenters. The molecule has 150 valence electrons. The molecule has 0 aliphatic heterocycles. The highest BCUT2D eigenvalue weighted by molar-refractivity contribution is 5.94. The summed E-state index contributed by atoms with van der Waals surface area (Å²) >= 11 is 0. The summed E-state index contributed by atoms with van der Waals surface area (Å²) in [7, 11) is 3.23. The van der Waals surface area contributed by atoms with Crippen molar-refractivity contribution in [2.45, 2.75) is 20.4 Å². The summed E-state index contributed by atoms with van der Waals surface area (Å²) in [6.07, 6.45) is 0. The lowest BCUT2D eigenvalue weighted by molar-refractivity contribution is 0.0963. The molecule has 7 nitrogen and oxygen atoms in total. The molecular formula is C21H28N4O3. The fourth-order valence-electron chi connectivity index (χ4n) is 2.54. The lowest BCUT2D eigenvalue weighted by Crippen LogP contribution is -2.30. The van der Waals surface area contributed by atoms with Gasteiger partial charge in [0.1, 0.15) is 0 Å². The van der Waals surface area contributed by atoms with Crippen LogP contribution in [0.1, 0.15) is 29.8 Å². The van der Waals surface area contributed by atoms with E-state index in [0.29, 0.717) is 36.2 Å². The maximum absolute atomic E-state index is 11.6. The molecule has 1 amide bonds. The Balaban J connectivity index is 2.11. The number of rotatable bonds is 8. The van der Waals surface area contributed by atoms with Gasteiger partial charge in [0.05, 0.1) is 20.3 Å². The van der Waals surface area contributed by atoms with Gasteiger partial charge in [-0.15, -0.1) is 0 Å². The Morgan fingerprint density at radius 3 is 2.43 bits per heavy atom. The lowest BCUT2D eigenvalue weighted by atomic mass is 10.1. The van der Waals surface area contributed by atoms with Gasteiger partial charge in [0.2, 0.25) is 0 Å². The minimum atomic E-state index is -0.102. The van der Waals surface area contributed by atoms with Crippen molar-refractivity contribution in [1.29, 1.82) is 0 Å². The number of amides is 1. The van der Waals surface area contributed by atoms with Gasteiger partial charge in [0.15, 0.2) is 17.5 Å². The molecule has 0 spiro atoms. The monoisotopic (exact) mass is 384 g/mol. The topological polar surface area (TPSA) is 84.0 Å². The standard InChI is InChI=1S/C21H28N4O3/c1-5-23-21(24-14-15-7-9-16(10-8-15)20(26)22-3)25-17-11-12-18(28-6-2)19(13-17)27-4/h7-13H,5-6,14H2,1-4H3,(H,22,26)(H2,23,24,25). The molecule has 2 aromatic rings. The second-order valence-corrected chi connectivity index (χ2v) is 5.89. The quantitative estimate of drug-likeness (QED) is 0.481. The second-order valence-electron chi connectivity index (χ2n) is 5.89. The van der Waals surface area contributed by atoms with E-state index in [1.54, 1.807) is 26.3 Å². The Kier molecular flexibility index (Phi) is 8.14. The molecule has 0 aliphatic carbocycles. The van der Waals surface area contributed by atoms with Gasteiger partial charge in [-0.2, -0.15) is 0 Å². The van der Waals surface area contributed by atoms with Crippen molar-refractivity contribution in [3.8, 4) is 11.5 Å². The van der Waals surface area contributed by atoms with Gasteiger partial charge in [-0.3, -0.25) is 4.79 Å². The third kappa shape index (κ3) is 5.90. The van der Waals surface area contributed by atoms with E-state index >= 15 is 0 Å². The molecule has 28 heavy (non-hydrogen) atoms. The predicted octanol–water partition coefficient (Wildman–Crippen LogP) is 3.03. The van der Waals surface area contributed by atoms with Crippen molar-refractivity contribution < 1.29 is 14.3 Å². The number of anilines is 1. The molecule has 0 unspecified atom stereocenters. The first-order valence-corrected chi connectivity index (χ1v) is 9.28. The number of methoxy groups -OCH3 is 1. The molecule has 0 aliphatic rings. The number of carbonyl (C=O) groups is 1. The molecule has 3 N–H and O–H groups in total. The van der Waals surface area contributed by atoms with Crippen molar-refractivity contribution in [3.05, 3.63) is 53.6 Å². The van der Waals surface area contributed by atoms with Gasteiger partial charge < -0.3 is 25.4 Å². The zero-order valence-electron chi connectivity index (χ0n) is 16.8. The molecule has 0 fully saturated rings. The Hall–Kier alpha value is -3.22. The van der Waals surface area contributed by atoms with Crippen LogP contribution in [0.25, 0.3) is 0 Å². The Labute approximate surface area is 166 Å². The summed E-state index contributed by atoms with van der Waals surface area (Å²) in [5, 5.41) is 9.10. The van der Waals surface area contributed by atoms with Crippen LogP contribution < -0.4 is 25.4 Å². The fraction of sp³-hybridized carbons (Fsp3) is 0.333. The number of aliphatic imine (C=N–C) groups is 1. The van der Waals surface area contributed by atoms with E-state index in [4.69, 9.17) is 9.47 Å². The zero-order valence-corrected chi connectivity index (χ0v) is 16.8. The smallest absolute Gasteiger partial charge is 0.251 e. The first-order valence-electron chi connectivity index (χ1n) is 9.28. The minimum Gasteiger partial charge on any atom is -0.493 e. The van der Waals surface area contributed by atoms with Gasteiger partial charge in [0.25, 0.3) is 5.91 Å². The third-order valence-electron chi connectivity index (χ3n) is 3.93. The highest BCUT2D eigenvalue weighted by Gasteiger charge is 2.07. The van der Waals surface area contributed by atoms with Crippen molar-refractivity contribution >= 4 is 17.6 Å². The molecular weight excluding hydrogens is 356 g/mol. The number of benzene rings is 2. The van der Waals surface area contributed by atoms with Gasteiger partial charge in [-0.25, -0.2) is 4.99 Å². The van der Waals surface area contributed by atoms with Crippen molar-refractivity contribution in [1.82, 2.24) is 10.6 Å². The van der Waals surface area contributed by atoms with Gasteiger partial charge >= 0.3 is 0 Å². The van der Waals surface area contributed by atoms with E-state index in [9.17, 15) is 4.79 Å². The maximum Gasteiger partial charge on any atom is 0.251 e. The molecule has 0 saturated heterocycles. The number of nitrogens with zero attached hydrogens (tertiary/aromatic N) is 1. The molecule has 0 saturated carbocycles. The lowest BCUT2D eigenvalue weighted by Gasteiger charge is -2.14. The molecule has 0 heterocycles. The first kappa shape index (κ1) is 21.1. The Bertz CT molecular complexity index is 804. The van der Waals surface area contributed by atoms with Crippen molar-refractivity contribution in [3.63, 3.8) is 0 Å². The van der Waals surface area contributed by atoms with Crippen LogP contribution in [0, 0.1) is 0 Å². The highest BCUT2D eigenvalue weighted by Crippen LogP contribution is 2.30. The molecule has 0 aromatic heterocycles. The van der Waals surface area contributed by atoms with Crippen LogP contribution in [-0.4, -0.2) is 39.2 Å². The normalized spacial score (nSPS) is 10.9. The van der Waals surface area contributed by atoms with Crippen LogP contribution in [-0.2, 0) is 6.54 Å². The van der Waals surface area contributed by atoms with Crippen LogP contribution in [0.2, 0.25) is 0 Å². The third-order valence-corrected chi connectivity index (χ3v) is 3.93. The van der Waals surface area contributed by atoms with Crippen LogP contribution in [0.15, 0.2) is 47.5 Å². The van der Waals surface area contributed by atoms with Gasteiger partial charge in [-0.05, 0) is 43.7 Å². The summed E-state index contributed by atoms with van der Waals surface area (Å²) in [6, 6.07) is 13.0. The molecule has 2 rings (SSSR count). The van der Waals surface area contributed by atoms with E-state index in [1.165, 1.54) is 0 Å². The van der Waals surface area contributed by atoms with Crippen molar-refractivity contribution in [2.75, 3.05) is 32.6 Å². The van der Waals surface area contributed by atoms with Gasteiger partial charge in [-0.1, -0.05) is 12.1 Å². The molecule has 7 heteroatoms. The number of nitrogens with one attached hydrogen (secondary N) is 3. The molecule has 2 aromatic carbocycles. The Morgan fingerprint density at radius 1 is 1.07 bits per heavy atom. The summed E-state index contributed by atoms with van der Waals surface area (Å²) in [4.78, 5) is 16.2. The van der Waals surface area contributed by atoms with Crippen molar-refractivity contribution in [2.24, 2.45) is 4.99 Å². The van der Waals surface area contributed by atoms with E-state index in [0.717, 1.165) is 17.8 Å². The van der Waals surface area contributed by atoms with E-state index in [2.05, 4.69) is 20.9 Å². The largest absolute Gasteiger partial charge is 0.493 e. The average molecular weight is 384 g/mol. The maximum atomic E-state index is 11.6. The fourth-order valence-corrected chi connectivity index (χ4v) is 2.54. The average Bonchev–Trinajstić information content (AvgIpc) is 2.73. The predicted molar refractivity (Wildman–Crippen MR) is 112 cm³/mol. The minimum absolute atomic E-state index is 0.102. The van der Waals surface area contributed by atoms with Crippen LogP contribution >= 0.6 is 0 Å². The number of ether oxygens (including phenoxy) is 2. The van der Waals surface area contributed by atoms with Gasteiger partial charge in [0, 0.05) is 30.9 Å². The number of hydrogen-bond acceptors (Lipinski definition) is 4. The van der Waals surface area contributed by atoms with Crippen LogP contribution in [0.5, 0.6) is 11.5 Å². The van der Waals surface area contributed by atoms with Crippen LogP contribution in [0.3, 0.4) is 0 Å². The summed E-state index contributed by atoms with van der Waals surface area (Å²) in [5.74, 6) is 1.92. The number of hydrogen-bond donors (Lipinski definition) is 3.